The molecule has 2 amide bonds. The fourth-order valence-corrected chi connectivity index (χ4v) is 4.14. The predicted octanol–water partition coefficient (Wildman–Crippen LogP) is 2.47. The molecule has 0 saturated carbocycles. The van der Waals surface area contributed by atoms with Crippen molar-refractivity contribution in [3.8, 4) is 11.1 Å². The van der Waals surface area contributed by atoms with Crippen LogP contribution in [0.4, 0.5) is 0 Å². The number of piperidine rings is 1. The molecule has 0 unspecified atom stereocenters. The fourth-order valence-electron chi connectivity index (χ4n) is 4.14. The van der Waals surface area contributed by atoms with E-state index in [9.17, 15) is 9.59 Å². The zero-order chi connectivity index (χ0) is 21.6. The molecule has 1 aromatic carbocycles. The van der Waals surface area contributed by atoms with Crippen LogP contribution in [0.3, 0.4) is 0 Å². The number of nitrogens with one attached hydrogen (secondary N) is 1. The van der Waals surface area contributed by atoms with E-state index in [4.69, 9.17) is 4.74 Å². The highest BCUT2D eigenvalue weighted by Gasteiger charge is 2.44. The van der Waals surface area contributed by atoms with E-state index in [1.807, 2.05) is 38.1 Å². The predicted molar refractivity (Wildman–Crippen MR) is 115 cm³/mol. The maximum atomic E-state index is 13.4. The van der Waals surface area contributed by atoms with E-state index in [2.05, 4.69) is 15.3 Å². The zero-order valence-corrected chi connectivity index (χ0v) is 17.9. The van der Waals surface area contributed by atoms with Gasteiger partial charge in [-0.05, 0) is 44.2 Å². The Labute approximate surface area is 177 Å². The number of carbonyl (C=O) groups excluding carboxylic acids is 2. The molecule has 30 heavy (non-hydrogen) atoms. The molecule has 7 heteroatoms. The summed E-state index contributed by atoms with van der Waals surface area (Å²) >= 11 is 0. The van der Waals surface area contributed by atoms with Gasteiger partial charge in [-0.15, -0.1) is 0 Å². The molecular weight excluding hydrogens is 380 g/mol. The third-order valence-electron chi connectivity index (χ3n) is 5.52. The molecule has 0 bridgehead atoms. The molecule has 1 fully saturated rings. The minimum atomic E-state index is -0.697. The van der Waals surface area contributed by atoms with Gasteiger partial charge in [0.1, 0.15) is 12.9 Å². The van der Waals surface area contributed by atoms with Crippen LogP contribution < -0.4 is 5.32 Å². The normalized spacial score (nSPS) is 19.0. The minimum absolute atomic E-state index is 0.00784. The van der Waals surface area contributed by atoms with Gasteiger partial charge in [-0.1, -0.05) is 24.3 Å². The minimum Gasteiger partial charge on any atom is -0.375 e. The van der Waals surface area contributed by atoms with Crippen molar-refractivity contribution in [3.63, 3.8) is 0 Å². The number of hydrogen-bond acceptors (Lipinski definition) is 5. The average Bonchev–Trinajstić information content (AvgIpc) is 2.74. The van der Waals surface area contributed by atoms with Gasteiger partial charge < -0.3 is 15.0 Å². The van der Waals surface area contributed by atoms with Crippen LogP contribution in [0, 0.1) is 5.41 Å². The first-order valence-electron chi connectivity index (χ1n) is 10.4. The number of nitrogens with zero attached hydrogens (tertiary/aromatic N) is 3. The Morgan fingerprint density at radius 2 is 1.97 bits per heavy atom. The van der Waals surface area contributed by atoms with Gasteiger partial charge in [-0.25, -0.2) is 9.97 Å². The SMILES string of the molecule is COCC(=O)N1CCC[C@](Cc2ccccc2-c2cncnc2)(C(=O)NC(C)C)C1. The van der Waals surface area contributed by atoms with Crippen molar-refractivity contribution < 1.29 is 14.3 Å². The molecule has 1 aliphatic rings. The summed E-state index contributed by atoms with van der Waals surface area (Å²) in [5.41, 5.74) is 2.27. The number of methoxy groups -OCH3 is 1. The van der Waals surface area contributed by atoms with E-state index in [0.29, 0.717) is 19.5 Å². The van der Waals surface area contributed by atoms with Crippen LogP contribution in [0.2, 0.25) is 0 Å². The van der Waals surface area contributed by atoms with E-state index >= 15 is 0 Å². The molecule has 0 spiro atoms. The maximum Gasteiger partial charge on any atom is 0.248 e. The summed E-state index contributed by atoms with van der Waals surface area (Å²) in [6.07, 6.45) is 7.10. The summed E-state index contributed by atoms with van der Waals surface area (Å²) in [5, 5.41) is 3.09. The highest BCUT2D eigenvalue weighted by atomic mass is 16.5. The first kappa shape index (κ1) is 21.9. The van der Waals surface area contributed by atoms with Gasteiger partial charge in [-0.3, -0.25) is 9.59 Å². The number of carbonyl (C=O) groups is 2. The number of amides is 2. The van der Waals surface area contributed by atoms with Crippen LogP contribution in [-0.2, 0) is 20.7 Å². The Balaban J connectivity index is 1.97. The van der Waals surface area contributed by atoms with Crippen molar-refractivity contribution >= 4 is 11.8 Å². The first-order valence-corrected chi connectivity index (χ1v) is 10.4. The second-order valence-electron chi connectivity index (χ2n) is 8.22. The van der Waals surface area contributed by atoms with Crippen LogP contribution in [0.25, 0.3) is 11.1 Å². The maximum absolute atomic E-state index is 13.4. The molecule has 1 saturated heterocycles. The summed E-state index contributed by atoms with van der Waals surface area (Å²) < 4.78 is 5.04. The third-order valence-corrected chi connectivity index (χ3v) is 5.52. The third kappa shape index (κ3) is 5.02. The number of rotatable bonds is 7. The number of ether oxygens (including phenoxy) is 1. The van der Waals surface area contributed by atoms with E-state index in [1.54, 1.807) is 17.3 Å². The summed E-state index contributed by atoms with van der Waals surface area (Å²) in [5.74, 6) is -0.0878. The quantitative estimate of drug-likeness (QED) is 0.758. The van der Waals surface area contributed by atoms with Gasteiger partial charge in [0.15, 0.2) is 0 Å². The van der Waals surface area contributed by atoms with Crippen molar-refractivity contribution in [2.24, 2.45) is 5.41 Å². The number of aromatic nitrogens is 2. The monoisotopic (exact) mass is 410 g/mol. The molecule has 2 heterocycles. The van der Waals surface area contributed by atoms with Crippen LogP contribution in [0.5, 0.6) is 0 Å². The Bertz CT molecular complexity index is 872. The van der Waals surface area contributed by atoms with Gasteiger partial charge in [0.05, 0.1) is 5.41 Å². The Morgan fingerprint density at radius 3 is 2.67 bits per heavy atom. The molecule has 3 rings (SSSR count). The van der Waals surface area contributed by atoms with E-state index in [1.165, 1.54) is 13.4 Å². The van der Waals surface area contributed by atoms with Crippen LogP contribution in [0.1, 0.15) is 32.3 Å². The van der Waals surface area contributed by atoms with Gasteiger partial charge in [0.2, 0.25) is 11.8 Å². The molecule has 0 radical (unpaired) electrons. The van der Waals surface area contributed by atoms with Gasteiger partial charge in [-0.2, -0.15) is 0 Å². The van der Waals surface area contributed by atoms with E-state index in [0.717, 1.165) is 29.5 Å². The zero-order valence-electron chi connectivity index (χ0n) is 17.9. The van der Waals surface area contributed by atoms with Crippen LogP contribution in [0.15, 0.2) is 43.0 Å². The summed E-state index contributed by atoms with van der Waals surface area (Å²) in [6, 6.07) is 8.05. The molecule has 7 nitrogen and oxygen atoms in total. The largest absolute Gasteiger partial charge is 0.375 e. The molecule has 160 valence electrons. The van der Waals surface area contributed by atoms with Crippen LogP contribution in [-0.4, -0.2) is 59.5 Å². The Hall–Kier alpha value is -2.80. The number of hydrogen-bond donors (Lipinski definition) is 1. The van der Waals surface area contributed by atoms with Crippen molar-refractivity contribution in [2.45, 2.75) is 39.2 Å². The van der Waals surface area contributed by atoms with Crippen molar-refractivity contribution in [1.29, 1.82) is 0 Å². The highest BCUT2D eigenvalue weighted by Crippen LogP contribution is 2.37. The molecular formula is C23H30N4O3. The van der Waals surface area contributed by atoms with Gasteiger partial charge >= 0.3 is 0 Å². The summed E-state index contributed by atoms with van der Waals surface area (Å²) in [4.78, 5) is 36.0. The fraction of sp³-hybridized carbons (Fsp3) is 0.478. The molecule has 1 N–H and O–H groups in total. The van der Waals surface area contributed by atoms with Gasteiger partial charge in [0, 0.05) is 44.2 Å². The standard InChI is InChI=1S/C23H30N4O3/c1-17(2)26-22(29)23(9-6-10-27(15-23)21(28)14-30-3)11-18-7-4-5-8-20(18)19-12-24-16-25-13-19/h4-5,7-8,12-13,16-17H,6,9-11,14-15H2,1-3H3,(H,26,29)/t23-/m1/s1. The summed E-state index contributed by atoms with van der Waals surface area (Å²) in [7, 11) is 1.51. The lowest BCUT2D eigenvalue weighted by molar-refractivity contribution is -0.144. The van der Waals surface area contributed by atoms with Crippen molar-refractivity contribution in [3.05, 3.63) is 48.5 Å². The second-order valence-corrected chi connectivity index (χ2v) is 8.22. The molecule has 1 aromatic heterocycles. The first-order chi connectivity index (χ1) is 14.4. The lowest BCUT2D eigenvalue weighted by Gasteiger charge is -2.42. The smallest absolute Gasteiger partial charge is 0.248 e. The highest BCUT2D eigenvalue weighted by molar-refractivity contribution is 5.86. The molecule has 1 atom stereocenters. The van der Waals surface area contributed by atoms with E-state index in [-0.39, 0.29) is 24.5 Å². The number of likely N-dealkylation sites (tertiary alicyclic amines) is 1. The Morgan fingerprint density at radius 1 is 1.23 bits per heavy atom. The van der Waals surface area contributed by atoms with Crippen molar-refractivity contribution in [1.82, 2.24) is 20.2 Å². The number of benzene rings is 1. The lowest BCUT2D eigenvalue weighted by atomic mass is 9.73. The lowest BCUT2D eigenvalue weighted by Crippen LogP contribution is -2.56. The van der Waals surface area contributed by atoms with E-state index < -0.39 is 5.41 Å². The summed E-state index contributed by atoms with van der Waals surface area (Å²) in [6.45, 7) is 4.97. The average molecular weight is 411 g/mol. The molecule has 0 aliphatic carbocycles. The molecule has 2 aromatic rings. The van der Waals surface area contributed by atoms with Crippen molar-refractivity contribution in [2.75, 3.05) is 26.8 Å². The Kier molecular flexibility index (Phi) is 7.15. The van der Waals surface area contributed by atoms with Crippen LogP contribution >= 0.6 is 0 Å². The van der Waals surface area contributed by atoms with Gasteiger partial charge in [0.25, 0.3) is 0 Å². The second kappa shape index (κ2) is 9.80. The molecule has 1 aliphatic heterocycles. The topological polar surface area (TPSA) is 84.4 Å².